The van der Waals surface area contributed by atoms with Gasteiger partial charge in [0, 0.05) is 8.97 Å². The Labute approximate surface area is 120 Å². The highest BCUT2D eigenvalue weighted by molar-refractivity contribution is 9.10. The van der Waals surface area contributed by atoms with Gasteiger partial charge in [0.25, 0.3) is 0 Å². The van der Waals surface area contributed by atoms with Crippen molar-refractivity contribution in [2.24, 2.45) is 0 Å². The summed E-state index contributed by atoms with van der Waals surface area (Å²) in [4.78, 5) is 0. The second-order valence-electron chi connectivity index (χ2n) is 5.50. The molecule has 0 saturated carbocycles. The van der Waals surface area contributed by atoms with Gasteiger partial charge in [-0.15, -0.1) is 0 Å². The Kier molecular flexibility index (Phi) is 7.04. The summed E-state index contributed by atoms with van der Waals surface area (Å²) in [6.07, 6.45) is 8.48. The van der Waals surface area contributed by atoms with Crippen molar-refractivity contribution in [2.75, 3.05) is 0 Å². The first-order valence-electron chi connectivity index (χ1n) is 6.81. The Hall–Kier alpha value is 0.397. The molecule has 0 amide bonds. The molecule has 0 saturated heterocycles. The van der Waals surface area contributed by atoms with Crippen molar-refractivity contribution in [3.05, 3.63) is 15.9 Å². The maximum atomic E-state index is 3.69. The van der Waals surface area contributed by atoms with E-state index in [1.54, 1.807) is 4.50 Å². The summed E-state index contributed by atoms with van der Waals surface area (Å²) in [6, 6.07) is 3.65. The normalized spacial score (nSPS) is 12.0. The van der Waals surface area contributed by atoms with Crippen molar-refractivity contribution in [2.45, 2.75) is 64.6 Å². The molecule has 1 aromatic heterocycles. The Morgan fingerprint density at radius 3 is 2.35 bits per heavy atom. The quantitative estimate of drug-likeness (QED) is 0.417. The second-order valence-corrected chi connectivity index (χ2v) is 12.4. The molecule has 0 aliphatic carbocycles. The second kappa shape index (κ2) is 7.75. The highest BCUT2D eigenvalue weighted by Crippen LogP contribution is 2.23. The molecule has 1 aromatic rings. The molecule has 0 atom stereocenters. The lowest BCUT2D eigenvalue weighted by Gasteiger charge is -2.21. The van der Waals surface area contributed by atoms with Crippen molar-refractivity contribution >= 4 is 39.8 Å². The van der Waals surface area contributed by atoms with E-state index in [0.717, 1.165) is 0 Å². The zero-order valence-electron chi connectivity index (χ0n) is 11.4. The smallest absolute Gasteiger partial charge is 0.0949 e. The van der Waals surface area contributed by atoms with Gasteiger partial charge in [0.2, 0.25) is 0 Å². The maximum Gasteiger partial charge on any atom is 0.0949 e. The Bertz CT molecular complexity index is 320. The summed E-state index contributed by atoms with van der Waals surface area (Å²) >= 11 is 5.63. The third kappa shape index (κ3) is 5.27. The van der Waals surface area contributed by atoms with E-state index < -0.39 is 8.07 Å². The number of hydrogen-bond donors (Lipinski definition) is 0. The fourth-order valence-corrected chi connectivity index (χ4v) is 8.83. The molecule has 98 valence electrons. The molecule has 1 heterocycles. The zero-order chi connectivity index (χ0) is 12.7. The van der Waals surface area contributed by atoms with E-state index in [1.165, 1.54) is 49.0 Å². The lowest BCUT2D eigenvalue weighted by atomic mass is 10.1. The van der Waals surface area contributed by atoms with Crippen molar-refractivity contribution < 1.29 is 0 Å². The minimum atomic E-state index is -1.17. The molecule has 0 radical (unpaired) electrons. The van der Waals surface area contributed by atoms with Crippen LogP contribution in [0.2, 0.25) is 19.1 Å². The Balaban J connectivity index is 2.28. The van der Waals surface area contributed by atoms with Crippen LogP contribution in [0, 0.1) is 0 Å². The molecule has 0 nitrogen and oxygen atoms in total. The molecule has 0 fully saturated rings. The summed E-state index contributed by atoms with van der Waals surface area (Å²) in [5, 5.41) is 2.22. The third-order valence-corrected chi connectivity index (χ3v) is 10.5. The molecule has 3 heteroatoms. The average Bonchev–Trinajstić information content (AvgIpc) is 2.70. The van der Waals surface area contributed by atoms with Gasteiger partial charge in [0.05, 0.1) is 8.07 Å². The van der Waals surface area contributed by atoms with E-state index in [4.69, 9.17) is 0 Å². The lowest BCUT2D eigenvalue weighted by molar-refractivity contribution is 0.623. The average molecular weight is 333 g/mol. The first-order valence-corrected chi connectivity index (χ1v) is 11.7. The summed E-state index contributed by atoms with van der Waals surface area (Å²) < 4.78 is 3.00. The van der Waals surface area contributed by atoms with Gasteiger partial charge in [-0.05, 0) is 11.4 Å². The van der Waals surface area contributed by atoms with Gasteiger partial charge in [-0.1, -0.05) is 80.5 Å². The molecule has 0 aromatic carbocycles. The summed E-state index contributed by atoms with van der Waals surface area (Å²) in [5.74, 6) is 0. The number of hydrogen-bond acceptors (Lipinski definition) is 1. The van der Waals surface area contributed by atoms with Gasteiger partial charge in [-0.25, -0.2) is 0 Å². The lowest BCUT2D eigenvalue weighted by Crippen LogP contribution is -2.39. The van der Waals surface area contributed by atoms with Gasteiger partial charge < -0.3 is 0 Å². The first kappa shape index (κ1) is 15.5. The van der Waals surface area contributed by atoms with Crippen LogP contribution in [0.1, 0.15) is 45.4 Å². The molecule has 17 heavy (non-hydrogen) atoms. The summed E-state index contributed by atoms with van der Waals surface area (Å²) in [7, 11) is -1.17. The topological polar surface area (TPSA) is 0 Å². The molecule has 0 aliphatic heterocycles. The van der Waals surface area contributed by atoms with Crippen LogP contribution in [0.5, 0.6) is 0 Å². The summed E-state index contributed by atoms with van der Waals surface area (Å²) in [5.41, 5.74) is 0. The SMILES string of the molecule is CCCCCCCC[Si](C)(C)c1sccc1Br. The molecular weight excluding hydrogens is 308 g/mol. The standard InChI is InChI=1S/C14H25BrSSi/c1-4-5-6-7-8-9-12-17(2,3)14-13(15)10-11-16-14/h10-11H,4-9,12H2,1-3H3. The van der Waals surface area contributed by atoms with Crippen LogP contribution in [0.15, 0.2) is 15.9 Å². The van der Waals surface area contributed by atoms with Gasteiger partial charge in [0.15, 0.2) is 0 Å². The van der Waals surface area contributed by atoms with Crippen LogP contribution in [0.3, 0.4) is 0 Å². The molecule has 1 rings (SSSR count). The van der Waals surface area contributed by atoms with Gasteiger partial charge in [-0.2, -0.15) is 11.3 Å². The maximum absolute atomic E-state index is 3.69. The number of thiophene rings is 1. The van der Waals surface area contributed by atoms with E-state index >= 15 is 0 Å². The van der Waals surface area contributed by atoms with Crippen molar-refractivity contribution in [1.82, 2.24) is 0 Å². The van der Waals surface area contributed by atoms with Crippen LogP contribution < -0.4 is 4.50 Å². The summed E-state index contributed by atoms with van der Waals surface area (Å²) in [6.45, 7) is 7.30. The van der Waals surface area contributed by atoms with Crippen LogP contribution in [-0.4, -0.2) is 8.07 Å². The van der Waals surface area contributed by atoms with E-state index in [2.05, 4.69) is 47.4 Å². The minimum absolute atomic E-state index is 1.17. The number of halogens is 1. The van der Waals surface area contributed by atoms with Gasteiger partial charge >= 0.3 is 0 Å². The molecule has 0 bridgehead atoms. The molecule has 0 N–H and O–H groups in total. The molecular formula is C14H25BrSSi. The first-order chi connectivity index (χ1) is 8.08. The van der Waals surface area contributed by atoms with E-state index in [1.807, 2.05) is 11.3 Å². The van der Waals surface area contributed by atoms with E-state index in [0.29, 0.717) is 0 Å². The number of unbranched alkanes of at least 4 members (excludes halogenated alkanes) is 5. The van der Waals surface area contributed by atoms with E-state index in [-0.39, 0.29) is 0 Å². The predicted molar refractivity (Wildman–Crippen MR) is 87.3 cm³/mol. The zero-order valence-corrected chi connectivity index (χ0v) is 14.8. The van der Waals surface area contributed by atoms with Crippen LogP contribution in [-0.2, 0) is 0 Å². The van der Waals surface area contributed by atoms with Crippen LogP contribution in [0.25, 0.3) is 0 Å². The number of rotatable bonds is 8. The largest absolute Gasteiger partial charge is 0.152 e. The Morgan fingerprint density at radius 2 is 1.76 bits per heavy atom. The van der Waals surface area contributed by atoms with Crippen molar-refractivity contribution in [3.8, 4) is 0 Å². The molecule has 0 unspecified atom stereocenters. The van der Waals surface area contributed by atoms with E-state index in [9.17, 15) is 0 Å². The van der Waals surface area contributed by atoms with Gasteiger partial charge in [0.1, 0.15) is 0 Å². The fraction of sp³-hybridized carbons (Fsp3) is 0.714. The Morgan fingerprint density at radius 1 is 1.12 bits per heavy atom. The monoisotopic (exact) mass is 332 g/mol. The van der Waals surface area contributed by atoms with Crippen LogP contribution >= 0.6 is 27.3 Å². The fourth-order valence-electron chi connectivity index (χ4n) is 2.24. The third-order valence-electron chi connectivity index (χ3n) is 3.39. The highest BCUT2D eigenvalue weighted by atomic mass is 79.9. The molecule has 0 spiro atoms. The van der Waals surface area contributed by atoms with Crippen molar-refractivity contribution in [3.63, 3.8) is 0 Å². The van der Waals surface area contributed by atoms with Crippen LogP contribution in [0.4, 0.5) is 0 Å². The predicted octanol–water partition coefficient (Wildman–Crippen LogP) is 5.79. The minimum Gasteiger partial charge on any atom is -0.152 e. The van der Waals surface area contributed by atoms with Crippen molar-refractivity contribution in [1.29, 1.82) is 0 Å². The van der Waals surface area contributed by atoms with Gasteiger partial charge in [-0.3, -0.25) is 0 Å². The highest BCUT2D eigenvalue weighted by Gasteiger charge is 2.26. The molecule has 0 aliphatic rings.